The van der Waals surface area contributed by atoms with Gasteiger partial charge in [-0.25, -0.2) is 0 Å². The summed E-state index contributed by atoms with van der Waals surface area (Å²) in [5.41, 5.74) is 8.00. The lowest BCUT2D eigenvalue weighted by Crippen LogP contribution is -2.21. The Hall–Kier alpha value is -0.170. The molecule has 0 fully saturated rings. The molecule has 0 aliphatic heterocycles. The second kappa shape index (κ2) is 5.22. The number of thiophene rings is 1. The molecule has 0 aliphatic rings. The van der Waals surface area contributed by atoms with E-state index in [4.69, 9.17) is 5.73 Å². The largest absolute Gasteiger partial charge is 0.328 e. The highest BCUT2D eigenvalue weighted by Gasteiger charge is 2.19. The summed E-state index contributed by atoms with van der Waals surface area (Å²) in [6.07, 6.45) is 0. The number of nitrogens with zero attached hydrogens (tertiary/aromatic N) is 2. The molecule has 6 heteroatoms. The van der Waals surface area contributed by atoms with Gasteiger partial charge in [0.25, 0.3) is 0 Å². The van der Waals surface area contributed by atoms with Crippen LogP contribution >= 0.6 is 43.2 Å². The van der Waals surface area contributed by atoms with Crippen LogP contribution in [0.3, 0.4) is 0 Å². The summed E-state index contributed by atoms with van der Waals surface area (Å²) in [6, 6.07) is 4.25. The van der Waals surface area contributed by atoms with E-state index in [1.807, 2.05) is 17.7 Å². The van der Waals surface area contributed by atoms with Gasteiger partial charge in [0, 0.05) is 11.4 Å². The van der Waals surface area contributed by atoms with E-state index < -0.39 is 0 Å². The van der Waals surface area contributed by atoms with E-state index in [1.165, 1.54) is 4.88 Å². The quantitative estimate of drug-likeness (QED) is 0.885. The second-order valence-electron chi connectivity index (χ2n) is 3.82. The first-order valence-corrected chi connectivity index (χ1v) is 7.61. The fourth-order valence-corrected chi connectivity index (χ4v) is 3.57. The minimum atomic E-state index is 0.108. The maximum Gasteiger partial charge on any atom is 0.0986 e. The molecular weight excluding hydrogens is 366 g/mol. The van der Waals surface area contributed by atoms with Gasteiger partial charge in [-0.2, -0.15) is 5.10 Å². The van der Waals surface area contributed by atoms with Gasteiger partial charge in [0.05, 0.1) is 25.7 Å². The van der Waals surface area contributed by atoms with E-state index in [9.17, 15) is 0 Å². The zero-order chi connectivity index (χ0) is 12.6. The molecule has 2 N–H and O–H groups in total. The van der Waals surface area contributed by atoms with Crippen LogP contribution in [0.25, 0.3) is 0 Å². The minimum absolute atomic E-state index is 0.108. The standard InChI is InChI=1S/C11H13Br2N3S/c1-6-11(13)7(2)16(15-6)8(5-14)9-3-4-10(12)17-9/h3-4,8H,5,14H2,1-2H3. The van der Waals surface area contributed by atoms with E-state index in [0.717, 1.165) is 19.6 Å². The van der Waals surface area contributed by atoms with E-state index >= 15 is 0 Å². The average Bonchev–Trinajstić information content (AvgIpc) is 2.82. The lowest BCUT2D eigenvalue weighted by atomic mass is 10.2. The van der Waals surface area contributed by atoms with Gasteiger partial charge in [0.15, 0.2) is 0 Å². The number of nitrogens with two attached hydrogens (primary N) is 1. The first kappa shape index (κ1) is 13.3. The fourth-order valence-electron chi connectivity index (χ4n) is 1.79. The van der Waals surface area contributed by atoms with Gasteiger partial charge in [0.1, 0.15) is 0 Å². The number of aryl methyl sites for hydroxylation is 1. The van der Waals surface area contributed by atoms with Crippen LogP contribution in [0.15, 0.2) is 20.4 Å². The van der Waals surface area contributed by atoms with Crippen LogP contribution < -0.4 is 5.73 Å². The molecule has 92 valence electrons. The average molecular weight is 379 g/mol. The van der Waals surface area contributed by atoms with Crippen LogP contribution in [0, 0.1) is 13.8 Å². The summed E-state index contributed by atoms with van der Waals surface area (Å²) in [6.45, 7) is 4.59. The van der Waals surface area contributed by atoms with Gasteiger partial charge in [-0.1, -0.05) is 0 Å². The van der Waals surface area contributed by atoms with Crippen molar-refractivity contribution in [1.82, 2.24) is 9.78 Å². The van der Waals surface area contributed by atoms with Crippen molar-refractivity contribution in [3.63, 3.8) is 0 Å². The first-order valence-electron chi connectivity index (χ1n) is 5.21. The Labute approximate surface area is 121 Å². The van der Waals surface area contributed by atoms with Crippen LogP contribution in [-0.2, 0) is 0 Å². The molecule has 0 saturated heterocycles. The van der Waals surface area contributed by atoms with Gasteiger partial charge in [0.2, 0.25) is 0 Å². The molecule has 0 spiro atoms. The lowest BCUT2D eigenvalue weighted by molar-refractivity contribution is 0.523. The second-order valence-corrected chi connectivity index (χ2v) is 7.11. The van der Waals surface area contributed by atoms with Crippen molar-refractivity contribution in [3.05, 3.63) is 36.7 Å². The monoisotopic (exact) mass is 377 g/mol. The molecule has 0 radical (unpaired) electrons. The minimum Gasteiger partial charge on any atom is -0.328 e. The van der Waals surface area contributed by atoms with E-state index in [-0.39, 0.29) is 6.04 Å². The summed E-state index contributed by atoms with van der Waals surface area (Å²) >= 11 is 8.72. The Morgan fingerprint density at radius 1 is 1.41 bits per heavy atom. The van der Waals surface area contributed by atoms with E-state index in [2.05, 4.69) is 49.9 Å². The van der Waals surface area contributed by atoms with Crippen LogP contribution in [0.5, 0.6) is 0 Å². The molecule has 0 aliphatic carbocycles. The Morgan fingerprint density at radius 3 is 2.53 bits per heavy atom. The lowest BCUT2D eigenvalue weighted by Gasteiger charge is -2.15. The molecule has 2 heterocycles. The highest BCUT2D eigenvalue weighted by atomic mass is 79.9. The molecule has 2 rings (SSSR count). The number of halogens is 2. The Bertz CT molecular complexity index is 533. The number of aromatic nitrogens is 2. The van der Waals surface area contributed by atoms with Gasteiger partial charge >= 0.3 is 0 Å². The molecule has 0 aromatic carbocycles. The molecule has 3 nitrogen and oxygen atoms in total. The van der Waals surface area contributed by atoms with Crippen molar-refractivity contribution >= 4 is 43.2 Å². The molecule has 2 aromatic heterocycles. The summed E-state index contributed by atoms with van der Waals surface area (Å²) < 4.78 is 4.18. The summed E-state index contributed by atoms with van der Waals surface area (Å²) in [4.78, 5) is 1.22. The number of hydrogen-bond acceptors (Lipinski definition) is 3. The third kappa shape index (κ3) is 2.50. The predicted molar refractivity (Wildman–Crippen MR) is 78.6 cm³/mol. The van der Waals surface area contributed by atoms with Crippen molar-refractivity contribution < 1.29 is 0 Å². The normalized spacial score (nSPS) is 13.0. The maximum absolute atomic E-state index is 5.89. The summed E-state index contributed by atoms with van der Waals surface area (Å²) in [5, 5.41) is 4.55. The van der Waals surface area contributed by atoms with Crippen molar-refractivity contribution in [2.45, 2.75) is 19.9 Å². The highest BCUT2D eigenvalue weighted by molar-refractivity contribution is 9.11. The van der Waals surface area contributed by atoms with Gasteiger partial charge in [-0.15, -0.1) is 11.3 Å². The van der Waals surface area contributed by atoms with Gasteiger partial charge in [-0.05, 0) is 57.8 Å². The third-order valence-electron chi connectivity index (χ3n) is 2.68. The maximum atomic E-state index is 5.89. The van der Waals surface area contributed by atoms with Crippen molar-refractivity contribution in [3.8, 4) is 0 Å². The molecule has 1 unspecified atom stereocenters. The van der Waals surface area contributed by atoms with Crippen molar-refractivity contribution in [2.75, 3.05) is 6.54 Å². The van der Waals surface area contributed by atoms with Crippen LogP contribution in [0.4, 0.5) is 0 Å². The molecule has 0 amide bonds. The Balaban J connectivity index is 2.45. The molecular formula is C11H13Br2N3S. The van der Waals surface area contributed by atoms with Crippen LogP contribution in [0.1, 0.15) is 22.3 Å². The third-order valence-corrected chi connectivity index (χ3v) is 5.55. The molecule has 0 saturated carbocycles. The van der Waals surface area contributed by atoms with Crippen molar-refractivity contribution in [2.24, 2.45) is 5.73 Å². The predicted octanol–water partition coefficient (Wildman–Crippen LogP) is 3.63. The van der Waals surface area contributed by atoms with E-state index in [1.54, 1.807) is 11.3 Å². The molecule has 0 bridgehead atoms. The number of hydrogen-bond donors (Lipinski definition) is 1. The van der Waals surface area contributed by atoms with Crippen LogP contribution in [0.2, 0.25) is 0 Å². The molecule has 2 aromatic rings. The summed E-state index contributed by atoms with van der Waals surface area (Å²) in [7, 11) is 0. The van der Waals surface area contributed by atoms with Gasteiger partial charge in [-0.3, -0.25) is 4.68 Å². The first-order chi connectivity index (χ1) is 8.04. The Kier molecular flexibility index (Phi) is 4.07. The van der Waals surface area contributed by atoms with E-state index in [0.29, 0.717) is 6.54 Å². The zero-order valence-corrected chi connectivity index (χ0v) is 13.6. The smallest absolute Gasteiger partial charge is 0.0986 e. The molecule has 17 heavy (non-hydrogen) atoms. The zero-order valence-electron chi connectivity index (χ0n) is 9.58. The van der Waals surface area contributed by atoms with Crippen LogP contribution in [-0.4, -0.2) is 16.3 Å². The Morgan fingerprint density at radius 2 is 2.12 bits per heavy atom. The van der Waals surface area contributed by atoms with Gasteiger partial charge < -0.3 is 5.73 Å². The van der Waals surface area contributed by atoms with Crippen molar-refractivity contribution in [1.29, 1.82) is 0 Å². The highest BCUT2D eigenvalue weighted by Crippen LogP contribution is 2.31. The topological polar surface area (TPSA) is 43.8 Å². The molecule has 1 atom stereocenters. The number of rotatable bonds is 3. The fraction of sp³-hybridized carbons (Fsp3) is 0.364. The summed E-state index contributed by atoms with van der Waals surface area (Å²) in [5.74, 6) is 0. The SMILES string of the molecule is Cc1nn(C(CN)c2ccc(Br)s2)c(C)c1Br.